The number of fused-ring (bicyclic) bond motifs is 1. The number of aryl methyl sites for hydroxylation is 2. The number of carbonyl (C=O) groups excluding carboxylic acids is 1. The van der Waals surface area contributed by atoms with Gasteiger partial charge in [-0.05, 0) is 56.2 Å². The van der Waals surface area contributed by atoms with Crippen LogP contribution in [0.4, 0.5) is 13.2 Å². The molecule has 3 aromatic rings. The molecule has 0 aliphatic heterocycles. The normalized spacial score (nSPS) is 11.6. The molecule has 0 unspecified atom stereocenters. The summed E-state index contributed by atoms with van der Waals surface area (Å²) in [6.07, 6.45) is -3.96. The fourth-order valence-electron chi connectivity index (χ4n) is 3.11. The molecule has 1 amide bonds. The van der Waals surface area contributed by atoms with Crippen LogP contribution in [-0.4, -0.2) is 22.0 Å². The topological polar surface area (TPSA) is 64.0 Å². The summed E-state index contributed by atoms with van der Waals surface area (Å²) in [6.45, 7) is 4.27. The highest BCUT2D eigenvalue weighted by molar-refractivity contribution is 5.97. The van der Waals surface area contributed by atoms with E-state index in [0.29, 0.717) is 40.8 Å². The number of alkyl halides is 3. The van der Waals surface area contributed by atoms with E-state index in [1.165, 1.54) is 12.1 Å². The fraction of sp³-hybridized carbons (Fsp3) is 0.286. The van der Waals surface area contributed by atoms with Gasteiger partial charge in [-0.1, -0.05) is 12.1 Å². The molecule has 0 aliphatic carbocycles. The van der Waals surface area contributed by atoms with Gasteiger partial charge in [-0.2, -0.15) is 13.2 Å². The van der Waals surface area contributed by atoms with Crippen molar-refractivity contribution in [2.75, 3.05) is 6.54 Å². The molecular weight excluding hydrogens is 383 g/mol. The Morgan fingerprint density at radius 1 is 1.14 bits per heavy atom. The van der Waals surface area contributed by atoms with Crippen LogP contribution in [-0.2, 0) is 19.1 Å². The number of nitrogens with one attached hydrogen (secondary N) is 1. The standard InChI is InChI=1S/C21H20F3N3O2/c1-3-27-18-9-6-15(12-17(18)26-13(2)20(27)29)19(28)25-11-10-14-4-7-16(8-5-14)21(22,23)24/h4-9,12H,3,10-11H2,1-2H3,(H,25,28). The first kappa shape index (κ1) is 20.6. The maximum absolute atomic E-state index is 12.6. The Kier molecular flexibility index (Phi) is 5.72. The maximum Gasteiger partial charge on any atom is 0.416 e. The van der Waals surface area contributed by atoms with Crippen molar-refractivity contribution in [1.82, 2.24) is 14.9 Å². The average molecular weight is 403 g/mol. The number of benzene rings is 2. The predicted molar refractivity (Wildman–Crippen MR) is 104 cm³/mol. The Labute approximate surface area is 165 Å². The third kappa shape index (κ3) is 4.47. The molecule has 0 bridgehead atoms. The van der Waals surface area contributed by atoms with Crippen LogP contribution >= 0.6 is 0 Å². The van der Waals surface area contributed by atoms with Crippen LogP contribution in [0.1, 0.15) is 34.1 Å². The van der Waals surface area contributed by atoms with Crippen LogP contribution in [0.3, 0.4) is 0 Å². The first-order valence-electron chi connectivity index (χ1n) is 9.16. The zero-order chi connectivity index (χ0) is 21.2. The first-order valence-corrected chi connectivity index (χ1v) is 9.16. The molecule has 0 radical (unpaired) electrons. The van der Waals surface area contributed by atoms with Crippen molar-refractivity contribution in [1.29, 1.82) is 0 Å². The Hall–Kier alpha value is -3.16. The largest absolute Gasteiger partial charge is 0.416 e. The smallest absolute Gasteiger partial charge is 0.352 e. The molecule has 2 aromatic carbocycles. The van der Waals surface area contributed by atoms with Crippen LogP contribution in [0.25, 0.3) is 11.0 Å². The van der Waals surface area contributed by atoms with Crippen LogP contribution in [0.15, 0.2) is 47.3 Å². The summed E-state index contributed by atoms with van der Waals surface area (Å²) in [5, 5.41) is 2.75. The van der Waals surface area contributed by atoms with Gasteiger partial charge in [0.1, 0.15) is 5.69 Å². The van der Waals surface area contributed by atoms with Crippen molar-refractivity contribution >= 4 is 16.9 Å². The minimum atomic E-state index is -4.36. The summed E-state index contributed by atoms with van der Waals surface area (Å²) in [7, 11) is 0. The van der Waals surface area contributed by atoms with Gasteiger partial charge in [-0.15, -0.1) is 0 Å². The molecule has 1 heterocycles. The summed E-state index contributed by atoms with van der Waals surface area (Å²) in [6, 6.07) is 9.81. The highest BCUT2D eigenvalue weighted by Crippen LogP contribution is 2.29. The number of amides is 1. The highest BCUT2D eigenvalue weighted by Gasteiger charge is 2.29. The minimum Gasteiger partial charge on any atom is -0.352 e. The molecule has 0 spiro atoms. The van der Waals surface area contributed by atoms with Gasteiger partial charge in [0.05, 0.1) is 16.6 Å². The lowest BCUT2D eigenvalue weighted by Gasteiger charge is -2.11. The molecule has 0 atom stereocenters. The summed E-state index contributed by atoms with van der Waals surface area (Å²) in [4.78, 5) is 28.8. The SMILES string of the molecule is CCn1c(=O)c(C)nc2cc(C(=O)NCCc3ccc(C(F)(F)F)cc3)ccc21. The molecule has 8 heteroatoms. The van der Waals surface area contributed by atoms with Crippen LogP contribution in [0, 0.1) is 6.92 Å². The summed E-state index contributed by atoms with van der Waals surface area (Å²) in [5.41, 5.74) is 1.81. The van der Waals surface area contributed by atoms with Gasteiger partial charge in [-0.3, -0.25) is 9.59 Å². The van der Waals surface area contributed by atoms with E-state index in [2.05, 4.69) is 10.3 Å². The van der Waals surface area contributed by atoms with Gasteiger partial charge in [-0.25, -0.2) is 4.98 Å². The molecule has 1 aromatic heterocycles. The third-order valence-corrected chi connectivity index (χ3v) is 4.67. The zero-order valence-corrected chi connectivity index (χ0v) is 16.0. The summed E-state index contributed by atoms with van der Waals surface area (Å²) >= 11 is 0. The lowest BCUT2D eigenvalue weighted by atomic mass is 10.1. The number of carbonyl (C=O) groups is 1. The third-order valence-electron chi connectivity index (χ3n) is 4.67. The molecule has 0 saturated heterocycles. The molecular formula is C21H20F3N3O2. The van der Waals surface area contributed by atoms with E-state index in [4.69, 9.17) is 0 Å². The van der Waals surface area contributed by atoms with Crippen LogP contribution < -0.4 is 10.9 Å². The molecule has 5 nitrogen and oxygen atoms in total. The second-order valence-corrected chi connectivity index (χ2v) is 6.65. The summed E-state index contributed by atoms with van der Waals surface area (Å²) in [5.74, 6) is -0.312. The second-order valence-electron chi connectivity index (χ2n) is 6.65. The van der Waals surface area contributed by atoms with E-state index in [1.807, 2.05) is 6.92 Å². The van der Waals surface area contributed by atoms with E-state index >= 15 is 0 Å². The van der Waals surface area contributed by atoms with Gasteiger partial charge in [0, 0.05) is 18.7 Å². The molecule has 0 saturated carbocycles. The van der Waals surface area contributed by atoms with E-state index in [9.17, 15) is 22.8 Å². The lowest BCUT2D eigenvalue weighted by molar-refractivity contribution is -0.137. The number of hydrogen-bond acceptors (Lipinski definition) is 3. The lowest BCUT2D eigenvalue weighted by Crippen LogP contribution is -2.26. The van der Waals surface area contributed by atoms with Crippen molar-refractivity contribution in [3.8, 4) is 0 Å². The van der Waals surface area contributed by atoms with E-state index in [-0.39, 0.29) is 18.0 Å². The maximum atomic E-state index is 12.6. The molecule has 152 valence electrons. The van der Waals surface area contributed by atoms with Crippen molar-refractivity contribution in [2.45, 2.75) is 33.0 Å². The monoisotopic (exact) mass is 403 g/mol. The van der Waals surface area contributed by atoms with E-state index in [0.717, 1.165) is 12.1 Å². The number of halogens is 3. The Morgan fingerprint density at radius 2 is 1.83 bits per heavy atom. The van der Waals surface area contributed by atoms with Crippen LogP contribution in [0.5, 0.6) is 0 Å². The molecule has 0 aliphatic rings. The van der Waals surface area contributed by atoms with Crippen molar-refractivity contribution in [3.63, 3.8) is 0 Å². The van der Waals surface area contributed by atoms with Gasteiger partial charge in [0.15, 0.2) is 0 Å². The number of rotatable bonds is 5. The molecule has 0 fully saturated rings. The quantitative estimate of drug-likeness (QED) is 0.706. The van der Waals surface area contributed by atoms with Gasteiger partial charge in [0.25, 0.3) is 11.5 Å². The second kappa shape index (κ2) is 8.06. The van der Waals surface area contributed by atoms with Gasteiger partial charge < -0.3 is 9.88 Å². The van der Waals surface area contributed by atoms with Gasteiger partial charge >= 0.3 is 6.18 Å². The number of nitrogens with zero attached hydrogens (tertiary/aromatic N) is 2. The molecule has 29 heavy (non-hydrogen) atoms. The van der Waals surface area contributed by atoms with E-state index < -0.39 is 11.7 Å². The average Bonchev–Trinajstić information content (AvgIpc) is 2.68. The minimum absolute atomic E-state index is 0.159. The van der Waals surface area contributed by atoms with Crippen molar-refractivity contribution in [3.05, 3.63) is 75.2 Å². The Balaban J connectivity index is 1.69. The fourth-order valence-corrected chi connectivity index (χ4v) is 3.11. The first-order chi connectivity index (χ1) is 13.7. The van der Waals surface area contributed by atoms with Gasteiger partial charge in [0.2, 0.25) is 0 Å². The Morgan fingerprint density at radius 3 is 2.45 bits per heavy atom. The predicted octanol–water partition coefficient (Wildman–Crippen LogP) is 3.72. The van der Waals surface area contributed by atoms with Crippen molar-refractivity contribution < 1.29 is 18.0 Å². The van der Waals surface area contributed by atoms with Crippen LogP contribution in [0.2, 0.25) is 0 Å². The van der Waals surface area contributed by atoms with E-state index in [1.54, 1.807) is 29.7 Å². The Bertz CT molecular complexity index is 1100. The highest BCUT2D eigenvalue weighted by atomic mass is 19.4. The molecule has 1 N–H and O–H groups in total. The van der Waals surface area contributed by atoms with Crippen molar-refractivity contribution in [2.24, 2.45) is 0 Å². The number of hydrogen-bond donors (Lipinski definition) is 1. The number of aromatic nitrogens is 2. The summed E-state index contributed by atoms with van der Waals surface area (Å²) < 4.78 is 39.4. The molecule has 3 rings (SSSR count). The zero-order valence-electron chi connectivity index (χ0n) is 16.0.